The van der Waals surface area contributed by atoms with E-state index in [4.69, 9.17) is 10.8 Å². The van der Waals surface area contributed by atoms with Crippen molar-refractivity contribution in [2.24, 2.45) is 0 Å². The van der Waals surface area contributed by atoms with Gasteiger partial charge in [0.2, 0.25) is 0 Å². The van der Waals surface area contributed by atoms with Gasteiger partial charge >= 0.3 is 0 Å². The van der Waals surface area contributed by atoms with Crippen molar-refractivity contribution >= 4 is 40.5 Å². The van der Waals surface area contributed by atoms with E-state index in [0.717, 1.165) is 5.69 Å². The van der Waals surface area contributed by atoms with Gasteiger partial charge in [-0.3, -0.25) is 20.5 Å². The Labute approximate surface area is 194 Å². The monoisotopic (exact) mass is 450 g/mol. The molecule has 2 heterocycles. The summed E-state index contributed by atoms with van der Waals surface area (Å²) in [5.41, 5.74) is 3.40. The smallest absolute Gasteiger partial charge is 0.255 e. The van der Waals surface area contributed by atoms with Crippen molar-refractivity contribution in [1.82, 2.24) is 4.98 Å². The van der Waals surface area contributed by atoms with Crippen molar-refractivity contribution in [3.63, 3.8) is 0 Å². The number of para-hydroxylation sites is 1. The van der Waals surface area contributed by atoms with Crippen molar-refractivity contribution in [3.05, 3.63) is 114 Å². The molecule has 5 rings (SSSR count). The largest absolute Gasteiger partial charge is 0.338 e. The minimum atomic E-state index is -0.409. The molecule has 0 spiro atoms. The third-order valence-corrected chi connectivity index (χ3v) is 5.43. The summed E-state index contributed by atoms with van der Waals surface area (Å²) < 4.78 is 13.1. The SMILES string of the molecule is N=C(c1ccc(NC(=O)c2ccc(F)cc2)cc1)N1C(=N)c2ccccc2Nc2ncccc21. The van der Waals surface area contributed by atoms with Gasteiger partial charge in [-0.05, 0) is 72.8 Å². The fourth-order valence-electron chi connectivity index (χ4n) is 3.72. The van der Waals surface area contributed by atoms with Crippen LogP contribution in [0.3, 0.4) is 0 Å². The van der Waals surface area contributed by atoms with E-state index in [1.165, 1.54) is 29.2 Å². The van der Waals surface area contributed by atoms with Crippen molar-refractivity contribution in [2.45, 2.75) is 0 Å². The van der Waals surface area contributed by atoms with E-state index in [1.807, 2.05) is 30.3 Å². The minimum Gasteiger partial charge on any atom is -0.338 e. The van der Waals surface area contributed by atoms with Crippen molar-refractivity contribution < 1.29 is 9.18 Å². The molecule has 1 amide bonds. The first-order valence-corrected chi connectivity index (χ1v) is 10.5. The fraction of sp³-hybridized carbons (Fsp3) is 0. The van der Waals surface area contributed by atoms with Crippen LogP contribution < -0.4 is 15.5 Å². The van der Waals surface area contributed by atoms with E-state index in [9.17, 15) is 9.18 Å². The number of rotatable bonds is 3. The Morgan fingerprint density at radius 3 is 2.38 bits per heavy atom. The standard InChI is InChI=1S/C26H19FN6O/c27-18-11-7-17(8-12-18)26(34)31-19-13-9-16(10-14-19)23(28)33-22-6-3-15-30-25(22)32-21-5-2-1-4-20(21)24(33)29/h1-15,28-29H,(H,30,32)(H,31,34). The quantitative estimate of drug-likeness (QED) is 0.248. The molecule has 1 aromatic heterocycles. The zero-order valence-corrected chi connectivity index (χ0v) is 17.8. The number of amidine groups is 2. The highest BCUT2D eigenvalue weighted by Crippen LogP contribution is 2.34. The van der Waals surface area contributed by atoms with E-state index in [1.54, 1.807) is 36.5 Å². The number of benzene rings is 3. The molecule has 3 aromatic carbocycles. The van der Waals surface area contributed by atoms with Gasteiger partial charge in [-0.25, -0.2) is 9.37 Å². The summed E-state index contributed by atoms with van der Waals surface area (Å²) in [5.74, 6) is 0.0146. The molecule has 0 aliphatic carbocycles. The highest BCUT2D eigenvalue weighted by Gasteiger charge is 2.28. The first-order valence-electron chi connectivity index (χ1n) is 10.5. The maximum absolute atomic E-state index is 13.1. The van der Waals surface area contributed by atoms with E-state index in [-0.39, 0.29) is 17.6 Å². The molecule has 1 aliphatic heterocycles. The number of pyridine rings is 1. The highest BCUT2D eigenvalue weighted by molar-refractivity contribution is 6.30. The molecule has 0 atom stereocenters. The van der Waals surface area contributed by atoms with Gasteiger partial charge in [-0.2, -0.15) is 0 Å². The number of aromatic nitrogens is 1. The van der Waals surface area contributed by atoms with Crippen molar-refractivity contribution in [2.75, 3.05) is 15.5 Å². The van der Waals surface area contributed by atoms with Gasteiger partial charge in [0.1, 0.15) is 17.5 Å². The zero-order chi connectivity index (χ0) is 23.7. The summed E-state index contributed by atoms with van der Waals surface area (Å²) in [4.78, 5) is 18.3. The van der Waals surface area contributed by atoms with Crippen LogP contribution in [0.25, 0.3) is 0 Å². The second-order valence-electron chi connectivity index (χ2n) is 7.61. The van der Waals surface area contributed by atoms with Crippen LogP contribution in [0, 0.1) is 16.6 Å². The van der Waals surface area contributed by atoms with Crippen LogP contribution >= 0.6 is 0 Å². The molecule has 0 saturated heterocycles. The molecule has 4 N–H and O–H groups in total. The van der Waals surface area contributed by atoms with Crippen molar-refractivity contribution in [1.29, 1.82) is 10.8 Å². The van der Waals surface area contributed by atoms with Crippen LogP contribution in [0.15, 0.2) is 91.1 Å². The molecule has 0 bridgehead atoms. The fourth-order valence-corrected chi connectivity index (χ4v) is 3.72. The van der Waals surface area contributed by atoms with Gasteiger partial charge in [-0.1, -0.05) is 12.1 Å². The Balaban J connectivity index is 1.43. The number of hydrogen-bond acceptors (Lipinski definition) is 5. The summed E-state index contributed by atoms with van der Waals surface area (Å²) in [6, 6.07) is 23.1. The Kier molecular flexibility index (Phi) is 5.31. The summed E-state index contributed by atoms with van der Waals surface area (Å²) >= 11 is 0. The molecule has 7 nitrogen and oxygen atoms in total. The summed E-state index contributed by atoms with van der Waals surface area (Å²) in [6.07, 6.45) is 1.66. The Morgan fingerprint density at radius 2 is 1.62 bits per heavy atom. The van der Waals surface area contributed by atoms with Gasteiger partial charge in [0.15, 0.2) is 5.82 Å². The lowest BCUT2D eigenvalue weighted by molar-refractivity contribution is 0.102. The normalized spacial score (nSPS) is 12.1. The van der Waals surface area contributed by atoms with Gasteiger partial charge < -0.3 is 10.6 Å². The van der Waals surface area contributed by atoms with Crippen LogP contribution in [0.5, 0.6) is 0 Å². The lowest BCUT2D eigenvalue weighted by atomic mass is 10.1. The molecule has 0 saturated carbocycles. The number of fused-ring (bicyclic) bond motifs is 2. The second kappa shape index (κ2) is 8.59. The van der Waals surface area contributed by atoms with Gasteiger partial charge in [0, 0.05) is 28.6 Å². The first-order chi connectivity index (χ1) is 16.5. The predicted molar refractivity (Wildman–Crippen MR) is 131 cm³/mol. The number of halogens is 1. The molecule has 166 valence electrons. The Morgan fingerprint density at radius 1 is 0.912 bits per heavy atom. The lowest BCUT2D eigenvalue weighted by Crippen LogP contribution is -2.36. The van der Waals surface area contributed by atoms with Gasteiger partial charge in [0.25, 0.3) is 5.91 Å². The molecular weight excluding hydrogens is 431 g/mol. The second-order valence-corrected chi connectivity index (χ2v) is 7.61. The molecule has 8 heteroatoms. The number of nitrogens with zero attached hydrogens (tertiary/aromatic N) is 2. The van der Waals surface area contributed by atoms with E-state index in [0.29, 0.717) is 33.9 Å². The number of hydrogen-bond donors (Lipinski definition) is 4. The third-order valence-electron chi connectivity index (χ3n) is 5.43. The van der Waals surface area contributed by atoms with Crippen LogP contribution in [0.4, 0.5) is 27.3 Å². The molecule has 0 unspecified atom stereocenters. The number of amides is 1. The van der Waals surface area contributed by atoms with Crippen molar-refractivity contribution in [3.8, 4) is 0 Å². The molecule has 4 aromatic rings. The number of carbonyl (C=O) groups excluding carboxylic acids is 1. The van der Waals surface area contributed by atoms with E-state index in [2.05, 4.69) is 15.6 Å². The van der Waals surface area contributed by atoms with Crippen LogP contribution in [0.1, 0.15) is 21.5 Å². The maximum Gasteiger partial charge on any atom is 0.255 e. The summed E-state index contributed by atoms with van der Waals surface area (Å²) in [6.45, 7) is 0. The average Bonchev–Trinajstić information content (AvgIpc) is 2.98. The third kappa shape index (κ3) is 3.88. The topological polar surface area (TPSA) is 105 Å². The molecule has 1 aliphatic rings. The number of nitrogens with one attached hydrogen (secondary N) is 4. The predicted octanol–water partition coefficient (Wildman–Crippen LogP) is 5.39. The highest BCUT2D eigenvalue weighted by atomic mass is 19.1. The lowest BCUT2D eigenvalue weighted by Gasteiger charge is -2.25. The summed E-state index contributed by atoms with van der Waals surface area (Å²) in [7, 11) is 0. The van der Waals surface area contributed by atoms with E-state index < -0.39 is 5.82 Å². The van der Waals surface area contributed by atoms with E-state index >= 15 is 0 Å². The summed E-state index contributed by atoms with van der Waals surface area (Å²) in [5, 5.41) is 23.8. The average molecular weight is 450 g/mol. The minimum absolute atomic E-state index is 0.0918. The van der Waals surface area contributed by atoms with Gasteiger partial charge in [0.05, 0.1) is 11.4 Å². The molecule has 0 fully saturated rings. The van der Waals surface area contributed by atoms with Crippen LogP contribution in [-0.2, 0) is 0 Å². The Bertz CT molecular complexity index is 1420. The number of anilines is 4. The van der Waals surface area contributed by atoms with Crippen LogP contribution in [0.2, 0.25) is 0 Å². The first kappa shape index (κ1) is 21.0. The van der Waals surface area contributed by atoms with Gasteiger partial charge in [-0.15, -0.1) is 0 Å². The molecule has 34 heavy (non-hydrogen) atoms. The molecule has 0 radical (unpaired) electrons. The Hall–Kier alpha value is -4.85. The zero-order valence-electron chi connectivity index (χ0n) is 17.8. The maximum atomic E-state index is 13.1. The number of carbonyl (C=O) groups is 1. The van der Waals surface area contributed by atoms with Crippen LogP contribution in [-0.4, -0.2) is 22.6 Å². The molecular formula is C26H19FN6O.